The van der Waals surface area contributed by atoms with Gasteiger partial charge in [-0.05, 0) is 24.3 Å². The van der Waals surface area contributed by atoms with Crippen LogP contribution in [0.15, 0.2) is 53.3 Å². The Morgan fingerprint density at radius 3 is 2.48 bits per heavy atom. The lowest BCUT2D eigenvalue weighted by Crippen LogP contribution is -2.28. The van der Waals surface area contributed by atoms with E-state index in [1.165, 1.54) is 25.3 Å². The highest BCUT2D eigenvalue weighted by molar-refractivity contribution is 5.93. The fraction of sp³-hybridized carbons (Fsp3) is 0.0500. The molecule has 0 aliphatic rings. The molecule has 0 aliphatic carbocycles. The number of benzene rings is 2. The SMILES string of the molecule is COc1ccccc1-n1c(=O)n(C(=O)O)c2c(N)nc(-c3cccc(C(=O)O)c3)nc21. The van der Waals surface area contributed by atoms with E-state index in [0.717, 1.165) is 4.57 Å². The molecule has 0 fully saturated rings. The van der Waals surface area contributed by atoms with E-state index in [4.69, 9.17) is 10.5 Å². The summed E-state index contributed by atoms with van der Waals surface area (Å²) in [5.74, 6) is -1.06. The molecule has 156 valence electrons. The van der Waals surface area contributed by atoms with Crippen LogP contribution in [0.3, 0.4) is 0 Å². The van der Waals surface area contributed by atoms with Crippen LogP contribution in [0.2, 0.25) is 0 Å². The largest absolute Gasteiger partial charge is 0.495 e. The van der Waals surface area contributed by atoms with Gasteiger partial charge in [-0.3, -0.25) is 0 Å². The van der Waals surface area contributed by atoms with Crippen molar-refractivity contribution in [2.24, 2.45) is 0 Å². The number of rotatable bonds is 4. The van der Waals surface area contributed by atoms with Crippen LogP contribution in [0.4, 0.5) is 10.6 Å². The van der Waals surface area contributed by atoms with E-state index >= 15 is 0 Å². The van der Waals surface area contributed by atoms with E-state index in [1.807, 2.05) is 0 Å². The van der Waals surface area contributed by atoms with Gasteiger partial charge in [-0.1, -0.05) is 24.3 Å². The molecular formula is C20H15N5O6. The van der Waals surface area contributed by atoms with Crippen molar-refractivity contribution in [1.29, 1.82) is 0 Å². The number of ether oxygens (including phenoxy) is 1. The average molecular weight is 421 g/mol. The average Bonchev–Trinajstić information content (AvgIpc) is 3.06. The van der Waals surface area contributed by atoms with Gasteiger partial charge in [0.05, 0.1) is 18.4 Å². The summed E-state index contributed by atoms with van der Waals surface area (Å²) in [7, 11) is 1.41. The van der Waals surface area contributed by atoms with Gasteiger partial charge >= 0.3 is 17.8 Å². The highest BCUT2D eigenvalue weighted by Gasteiger charge is 2.25. The third-order valence-corrected chi connectivity index (χ3v) is 4.60. The van der Waals surface area contributed by atoms with E-state index in [9.17, 15) is 24.6 Å². The zero-order chi connectivity index (χ0) is 22.3. The molecule has 4 aromatic rings. The number of imidazole rings is 1. The van der Waals surface area contributed by atoms with Crippen molar-refractivity contribution in [3.05, 3.63) is 64.6 Å². The van der Waals surface area contributed by atoms with Gasteiger partial charge in [0.25, 0.3) is 0 Å². The minimum atomic E-state index is -1.56. The van der Waals surface area contributed by atoms with Crippen molar-refractivity contribution >= 4 is 29.0 Å². The molecule has 0 radical (unpaired) electrons. The van der Waals surface area contributed by atoms with Crippen LogP contribution in [0.5, 0.6) is 5.75 Å². The molecule has 0 aliphatic heterocycles. The molecule has 2 aromatic heterocycles. The molecular weight excluding hydrogens is 406 g/mol. The Labute approximate surface area is 173 Å². The molecule has 2 heterocycles. The molecule has 11 nitrogen and oxygen atoms in total. The second kappa shape index (κ2) is 7.30. The summed E-state index contributed by atoms with van der Waals surface area (Å²) in [5.41, 5.74) is 5.42. The highest BCUT2D eigenvalue weighted by atomic mass is 16.5. The lowest BCUT2D eigenvalue weighted by Gasteiger charge is -2.09. The first-order chi connectivity index (χ1) is 14.8. The van der Waals surface area contributed by atoms with Crippen molar-refractivity contribution in [3.63, 3.8) is 0 Å². The first kappa shape index (κ1) is 19.6. The van der Waals surface area contributed by atoms with Crippen LogP contribution in [-0.2, 0) is 0 Å². The number of para-hydroxylation sites is 2. The predicted molar refractivity (Wildman–Crippen MR) is 110 cm³/mol. The molecule has 0 atom stereocenters. The Morgan fingerprint density at radius 2 is 1.81 bits per heavy atom. The van der Waals surface area contributed by atoms with Crippen molar-refractivity contribution < 1.29 is 24.5 Å². The van der Waals surface area contributed by atoms with Crippen LogP contribution in [-0.4, -0.2) is 48.5 Å². The minimum Gasteiger partial charge on any atom is -0.495 e. The van der Waals surface area contributed by atoms with Crippen LogP contribution >= 0.6 is 0 Å². The topological polar surface area (TPSA) is 163 Å². The number of carbonyl (C=O) groups is 2. The van der Waals surface area contributed by atoms with Crippen molar-refractivity contribution in [1.82, 2.24) is 19.1 Å². The van der Waals surface area contributed by atoms with Gasteiger partial charge in [0.2, 0.25) is 0 Å². The predicted octanol–water partition coefficient (Wildman–Crippen LogP) is 2.06. The zero-order valence-corrected chi connectivity index (χ0v) is 16.0. The number of carboxylic acids is 1. The van der Waals surface area contributed by atoms with Crippen LogP contribution in [0.25, 0.3) is 28.2 Å². The fourth-order valence-electron chi connectivity index (χ4n) is 3.25. The first-order valence-electron chi connectivity index (χ1n) is 8.85. The number of aromatic nitrogens is 4. The molecule has 0 bridgehead atoms. The number of anilines is 1. The van der Waals surface area contributed by atoms with E-state index in [2.05, 4.69) is 9.97 Å². The molecule has 0 unspecified atom stereocenters. The molecule has 2 aromatic carbocycles. The minimum absolute atomic E-state index is 0.00462. The molecule has 11 heteroatoms. The smallest absolute Gasteiger partial charge is 0.420 e. The van der Waals surface area contributed by atoms with Gasteiger partial charge < -0.3 is 20.7 Å². The first-order valence-corrected chi connectivity index (χ1v) is 8.85. The maximum absolute atomic E-state index is 13.0. The summed E-state index contributed by atoms with van der Waals surface area (Å²) in [6.07, 6.45) is -1.56. The van der Waals surface area contributed by atoms with Crippen molar-refractivity contribution in [3.8, 4) is 22.8 Å². The van der Waals surface area contributed by atoms with Crippen LogP contribution in [0, 0.1) is 0 Å². The number of hydrogen-bond donors (Lipinski definition) is 3. The fourth-order valence-corrected chi connectivity index (χ4v) is 3.25. The lowest BCUT2D eigenvalue weighted by atomic mass is 10.1. The number of nitrogen functional groups attached to an aromatic ring is 1. The van der Waals surface area contributed by atoms with Crippen molar-refractivity contribution in [2.75, 3.05) is 12.8 Å². The van der Waals surface area contributed by atoms with Gasteiger partial charge in [-0.2, -0.15) is 4.57 Å². The number of nitrogens with zero attached hydrogens (tertiary/aromatic N) is 4. The van der Waals surface area contributed by atoms with E-state index < -0.39 is 17.8 Å². The number of carboxylic acid groups (broad SMARTS) is 2. The van der Waals surface area contributed by atoms with Gasteiger partial charge in [0, 0.05) is 5.56 Å². The number of aromatic carboxylic acids is 1. The maximum atomic E-state index is 13.0. The molecule has 4 rings (SSSR count). The number of nitrogens with two attached hydrogens (primary N) is 1. The molecule has 0 spiro atoms. The van der Waals surface area contributed by atoms with Gasteiger partial charge in [-0.15, -0.1) is 0 Å². The molecule has 31 heavy (non-hydrogen) atoms. The monoisotopic (exact) mass is 421 g/mol. The number of hydrogen-bond acceptors (Lipinski definition) is 7. The van der Waals surface area contributed by atoms with E-state index in [-0.39, 0.29) is 34.1 Å². The Balaban J connectivity index is 2.10. The van der Waals surface area contributed by atoms with Gasteiger partial charge in [0.15, 0.2) is 17.3 Å². The highest BCUT2D eigenvalue weighted by Crippen LogP contribution is 2.28. The Morgan fingerprint density at radius 1 is 1.06 bits per heavy atom. The molecule has 4 N–H and O–H groups in total. The van der Waals surface area contributed by atoms with Crippen LogP contribution in [0.1, 0.15) is 10.4 Å². The van der Waals surface area contributed by atoms with Gasteiger partial charge in [-0.25, -0.2) is 28.9 Å². The summed E-state index contributed by atoms with van der Waals surface area (Å²) in [4.78, 5) is 44.6. The van der Waals surface area contributed by atoms with Gasteiger partial charge in [0.1, 0.15) is 11.3 Å². The third kappa shape index (κ3) is 3.13. The zero-order valence-electron chi connectivity index (χ0n) is 16.0. The summed E-state index contributed by atoms with van der Waals surface area (Å²) in [6, 6.07) is 12.3. The summed E-state index contributed by atoms with van der Waals surface area (Å²) in [6.45, 7) is 0. The normalized spacial score (nSPS) is 10.9. The van der Waals surface area contributed by atoms with Crippen LogP contribution < -0.4 is 16.2 Å². The maximum Gasteiger partial charge on any atom is 0.420 e. The third-order valence-electron chi connectivity index (χ3n) is 4.60. The quantitative estimate of drug-likeness (QED) is 0.447. The number of fused-ring (bicyclic) bond motifs is 1. The summed E-state index contributed by atoms with van der Waals surface area (Å²) < 4.78 is 6.82. The summed E-state index contributed by atoms with van der Waals surface area (Å²) >= 11 is 0. The lowest BCUT2D eigenvalue weighted by molar-refractivity contribution is 0.0697. The Bertz CT molecular complexity index is 1420. The Kier molecular flexibility index (Phi) is 4.62. The second-order valence-corrected chi connectivity index (χ2v) is 6.40. The molecule has 0 saturated carbocycles. The van der Waals surface area contributed by atoms with E-state index in [0.29, 0.717) is 15.9 Å². The Hall–Kier alpha value is -4.67. The summed E-state index contributed by atoms with van der Waals surface area (Å²) in [5, 5.41) is 18.8. The standard InChI is InChI=1S/C20H15N5O6/c1-31-13-8-3-2-7-12(13)24-17-14(25(19(24)28)20(29)30)15(21)22-16(23-17)10-5-4-6-11(9-10)18(26)27/h2-9H,1H3,(H,26,27)(H,29,30)(H2,21,22,23). The van der Waals surface area contributed by atoms with E-state index in [1.54, 1.807) is 30.3 Å². The number of methoxy groups -OCH3 is 1. The van der Waals surface area contributed by atoms with Crippen molar-refractivity contribution in [2.45, 2.75) is 0 Å². The molecule has 0 amide bonds. The second-order valence-electron chi connectivity index (χ2n) is 6.40. The molecule has 0 saturated heterocycles.